The minimum Gasteiger partial charge on any atom is -0.480 e. The van der Waals surface area contributed by atoms with Gasteiger partial charge < -0.3 is 9.84 Å². The van der Waals surface area contributed by atoms with Gasteiger partial charge in [0.05, 0.1) is 7.11 Å². The van der Waals surface area contributed by atoms with E-state index in [0.717, 1.165) is 19.3 Å². The number of hydrogen-bond donors (Lipinski definition) is 1. The smallest absolute Gasteiger partial charge is 0.238 e. The average molecular weight is 224 g/mol. The fourth-order valence-corrected chi connectivity index (χ4v) is 1.68. The molecule has 16 heavy (non-hydrogen) atoms. The number of methoxy groups -OCH3 is 1. The Hall–Kier alpha value is -1.16. The molecule has 1 aromatic rings. The summed E-state index contributed by atoms with van der Waals surface area (Å²) in [5.41, 5.74) is -0.442. The SMILES string of the molecule is CCCCCC(C)(O)c1nccnc1OC. The van der Waals surface area contributed by atoms with Crippen molar-refractivity contribution in [1.29, 1.82) is 0 Å². The Kier molecular flexibility index (Phi) is 4.68. The molecule has 0 saturated carbocycles. The number of rotatable bonds is 6. The Morgan fingerprint density at radius 2 is 2.00 bits per heavy atom. The van der Waals surface area contributed by atoms with Gasteiger partial charge in [0.1, 0.15) is 11.3 Å². The first-order valence-corrected chi connectivity index (χ1v) is 5.69. The van der Waals surface area contributed by atoms with Crippen molar-refractivity contribution in [3.05, 3.63) is 18.1 Å². The molecule has 1 atom stereocenters. The van der Waals surface area contributed by atoms with E-state index >= 15 is 0 Å². The summed E-state index contributed by atoms with van der Waals surface area (Å²) >= 11 is 0. The van der Waals surface area contributed by atoms with Crippen LogP contribution in [-0.4, -0.2) is 22.2 Å². The lowest BCUT2D eigenvalue weighted by molar-refractivity contribution is 0.0371. The quantitative estimate of drug-likeness (QED) is 0.753. The van der Waals surface area contributed by atoms with Crippen molar-refractivity contribution in [1.82, 2.24) is 9.97 Å². The van der Waals surface area contributed by atoms with Crippen molar-refractivity contribution >= 4 is 0 Å². The van der Waals surface area contributed by atoms with E-state index in [1.165, 1.54) is 7.11 Å². The molecule has 0 radical (unpaired) electrons. The van der Waals surface area contributed by atoms with Crippen LogP contribution in [0.5, 0.6) is 5.88 Å². The molecule has 0 spiro atoms. The molecule has 0 fully saturated rings. The molecule has 0 aliphatic rings. The first kappa shape index (κ1) is 12.9. The minimum atomic E-state index is -0.964. The third kappa shape index (κ3) is 3.17. The van der Waals surface area contributed by atoms with Gasteiger partial charge >= 0.3 is 0 Å². The van der Waals surface area contributed by atoms with E-state index in [-0.39, 0.29) is 0 Å². The van der Waals surface area contributed by atoms with Gasteiger partial charge in [-0.3, -0.25) is 4.98 Å². The number of aliphatic hydroxyl groups is 1. The van der Waals surface area contributed by atoms with Crippen molar-refractivity contribution < 1.29 is 9.84 Å². The second-order valence-corrected chi connectivity index (χ2v) is 4.15. The van der Waals surface area contributed by atoms with E-state index in [2.05, 4.69) is 16.9 Å². The van der Waals surface area contributed by atoms with E-state index < -0.39 is 5.60 Å². The molecule has 0 aliphatic heterocycles. The second kappa shape index (κ2) is 5.80. The maximum atomic E-state index is 10.3. The molecule has 1 unspecified atom stereocenters. The maximum absolute atomic E-state index is 10.3. The third-order valence-electron chi connectivity index (χ3n) is 2.64. The summed E-state index contributed by atoms with van der Waals surface area (Å²) in [5, 5.41) is 10.3. The zero-order valence-electron chi connectivity index (χ0n) is 10.2. The number of unbranched alkanes of at least 4 members (excludes halogenated alkanes) is 2. The Morgan fingerprint density at radius 1 is 1.31 bits per heavy atom. The van der Waals surface area contributed by atoms with Gasteiger partial charge in [-0.05, 0) is 13.3 Å². The van der Waals surface area contributed by atoms with E-state index in [1.807, 2.05) is 0 Å². The molecule has 0 aromatic carbocycles. The van der Waals surface area contributed by atoms with E-state index in [9.17, 15) is 5.11 Å². The summed E-state index contributed by atoms with van der Waals surface area (Å²) < 4.78 is 5.10. The molecule has 0 saturated heterocycles. The zero-order valence-corrected chi connectivity index (χ0v) is 10.2. The molecule has 4 heteroatoms. The lowest BCUT2D eigenvalue weighted by Gasteiger charge is -2.23. The molecule has 1 rings (SSSR count). The van der Waals surface area contributed by atoms with Crippen molar-refractivity contribution in [2.75, 3.05) is 7.11 Å². The number of hydrogen-bond acceptors (Lipinski definition) is 4. The van der Waals surface area contributed by atoms with Crippen LogP contribution in [0.2, 0.25) is 0 Å². The van der Waals surface area contributed by atoms with E-state index in [4.69, 9.17) is 4.74 Å². The highest BCUT2D eigenvalue weighted by Gasteiger charge is 2.28. The number of aromatic nitrogens is 2. The normalized spacial score (nSPS) is 14.5. The number of nitrogens with zero attached hydrogens (tertiary/aromatic N) is 2. The minimum absolute atomic E-state index is 0.406. The average Bonchev–Trinajstić information content (AvgIpc) is 2.29. The monoisotopic (exact) mass is 224 g/mol. The summed E-state index contributed by atoms with van der Waals surface area (Å²) in [6, 6.07) is 0. The van der Waals surface area contributed by atoms with Gasteiger partial charge in [0.2, 0.25) is 5.88 Å². The largest absolute Gasteiger partial charge is 0.480 e. The van der Waals surface area contributed by atoms with Gasteiger partial charge in [0, 0.05) is 12.4 Å². The Morgan fingerprint density at radius 3 is 2.62 bits per heavy atom. The van der Waals surface area contributed by atoms with Crippen LogP contribution < -0.4 is 4.74 Å². The molecular formula is C12H20N2O2. The van der Waals surface area contributed by atoms with Crippen LogP contribution in [0.4, 0.5) is 0 Å². The third-order valence-corrected chi connectivity index (χ3v) is 2.64. The molecule has 1 aromatic heterocycles. The Labute approximate surface area is 96.7 Å². The van der Waals surface area contributed by atoms with Crippen LogP contribution >= 0.6 is 0 Å². The lowest BCUT2D eigenvalue weighted by Crippen LogP contribution is -2.24. The van der Waals surface area contributed by atoms with Gasteiger partial charge in [-0.25, -0.2) is 4.98 Å². The van der Waals surface area contributed by atoms with Crippen LogP contribution in [-0.2, 0) is 5.60 Å². The first-order chi connectivity index (χ1) is 7.61. The maximum Gasteiger partial charge on any atom is 0.238 e. The van der Waals surface area contributed by atoms with Gasteiger partial charge in [-0.1, -0.05) is 26.2 Å². The predicted octanol–water partition coefficient (Wildman–Crippen LogP) is 2.27. The van der Waals surface area contributed by atoms with Gasteiger partial charge in [0.15, 0.2) is 0 Å². The van der Waals surface area contributed by atoms with Crippen LogP contribution in [0.3, 0.4) is 0 Å². The molecule has 0 amide bonds. The standard InChI is InChI=1S/C12H20N2O2/c1-4-5-6-7-12(2,15)10-11(16-3)14-9-8-13-10/h8-9,15H,4-7H2,1-3H3. The van der Waals surface area contributed by atoms with Crippen LogP contribution in [0, 0.1) is 0 Å². The molecule has 1 N–H and O–H groups in total. The summed E-state index contributed by atoms with van der Waals surface area (Å²) in [6.45, 7) is 3.90. The zero-order chi connectivity index (χ0) is 12.0. The second-order valence-electron chi connectivity index (χ2n) is 4.15. The van der Waals surface area contributed by atoms with Gasteiger partial charge in [-0.2, -0.15) is 0 Å². The number of ether oxygens (including phenoxy) is 1. The Balaban J connectivity index is 2.79. The summed E-state index contributed by atoms with van der Waals surface area (Å²) in [6.07, 6.45) is 7.03. The highest BCUT2D eigenvalue weighted by Crippen LogP contribution is 2.30. The summed E-state index contributed by atoms with van der Waals surface area (Å²) in [5.74, 6) is 0.406. The van der Waals surface area contributed by atoms with Crippen LogP contribution in [0.15, 0.2) is 12.4 Å². The predicted molar refractivity (Wildman–Crippen MR) is 62.3 cm³/mol. The van der Waals surface area contributed by atoms with E-state index in [1.54, 1.807) is 19.3 Å². The van der Waals surface area contributed by atoms with Gasteiger partial charge in [0.25, 0.3) is 0 Å². The molecule has 0 bridgehead atoms. The van der Waals surface area contributed by atoms with E-state index in [0.29, 0.717) is 18.0 Å². The fourth-order valence-electron chi connectivity index (χ4n) is 1.68. The topological polar surface area (TPSA) is 55.2 Å². The molecule has 1 heterocycles. The van der Waals surface area contributed by atoms with Crippen molar-refractivity contribution in [3.63, 3.8) is 0 Å². The molecule has 0 aliphatic carbocycles. The van der Waals surface area contributed by atoms with Crippen molar-refractivity contribution in [3.8, 4) is 5.88 Å². The van der Waals surface area contributed by atoms with Crippen LogP contribution in [0.1, 0.15) is 45.2 Å². The lowest BCUT2D eigenvalue weighted by atomic mass is 9.94. The molecular weight excluding hydrogens is 204 g/mol. The van der Waals surface area contributed by atoms with Crippen molar-refractivity contribution in [2.45, 2.75) is 45.1 Å². The fraction of sp³-hybridized carbons (Fsp3) is 0.667. The van der Waals surface area contributed by atoms with Crippen molar-refractivity contribution in [2.24, 2.45) is 0 Å². The first-order valence-electron chi connectivity index (χ1n) is 5.69. The summed E-state index contributed by atoms with van der Waals surface area (Å²) in [4.78, 5) is 8.21. The highest BCUT2D eigenvalue weighted by atomic mass is 16.5. The highest BCUT2D eigenvalue weighted by molar-refractivity contribution is 5.23. The Bertz CT molecular complexity index is 327. The van der Waals surface area contributed by atoms with Gasteiger partial charge in [-0.15, -0.1) is 0 Å². The van der Waals surface area contributed by atoms with Crippen LogP contribution in [0.25, 0.3) is 0 Å². The molecule has 4 nitrogen and oxygen atoms in total. The molecule has 90 valence electrons. The summed E-state index contributed by atoms with van der Waals surface area (Å²) in [7, 11) is 1.54.